The van der Waals surface area contributed by atoms with Crippen molar-refractivity contribution < 1.29 is 4.74 Å². The van der Waals surface area contributed by atoms with Crippen molar-refractivity contribution in [2.24, 2.45) is 0 Å². The van der Waals surface area contributed by atoms with Crippen LogP contribution in [0.25, 0.3) is 0 Å². The number of hydrogen-bond acceptors (Lipinski definition) is 4. The fourth-order valence-corrected chi connectivity index (χ4v) is 11.6. The molecule has 0 aliphatic carbocycles. The zero-order valence-corrected chi connectivity index (χ0v) is 11.1. The molecule has 0 atom stereocenters. The molecule has 76 valence electrons. The van der Waals surface area contributed by atoms with Gasteiger partial charge in [0, 0.05) is 16.8 Å². The minimum atomic E-state index is -1.34. The van der Waals surface area contributed by atoms with E-state index in [0.29, 0.717) is 0 Å². The number of ether oxygens (including phenoxy) is 1. The van der Waals surface area contributed by atoms with E-state index >= 15 is 0 Å². The Bertz CT molecular complexity index is 353. The van der Waals surface area contributed by atoms with Crippen LogP contribution in [0, 0.1) is 0 Å². The van der Waals surface area contributed by atoms with Crippen LogP contribution in [0.2, 0.25) is 0 Å². The lowest BCUT2D eigenvalue weighted by atomic mass is 10.3. The first kappa shape index (κ1) is 10.9. The summed E-state index contributed by atoms with van der Waals surface area (Å²) in [5.41, 5.74) is 0. The Kier molecular flexibility index (Phi) is 3.48. The van der Waals surface area contributed by atoms with Crippen LogP contribution in [0.4, 0.5) is 0 Å². The minimum absolute atomic E-state index is 0.907. The second-order valence-electron chi connectivity index (χ2n) is 2.86. The third-order valence-electron chi connectivity index (χ3n) is 1.99. The summed E-state index contributed by atoms with van der Waals surface area (Å²) in [6.45, 7) is 0. The van der Waals surface area contributed by atoms with E-state index in [0.717, 1.165) is 5.75 Å². The van der Waals surface area contributed by atoms with E-state index in [1.165, 1.54) is 16.8 Å². The maximum absolute atomic E-state index is 5.71. The molecule has 2 rings (SSSR count). The zero-order valence-electron chi connectivity index (χ0n) is 7.80. The van der Waals surface area contributed by atoms with Gasteiger partial charge in [-0.15, -0.1) is 22.8 Å². The average molecular weight is 262 g/mol. The zero-order chi connectivity index (χ0) is 10.0. The van der Waals surface area contributed by atoms with Crippen LogP contribution in [0.15, 0.2) is 24.3 Å². The standard InChI is InChI=1S/C9H11OPS3/c1-10-8-2-4-9(5-3-8)11(12)13-6-7-14-11/h2-5H,6-7H2,1H3. The molecule has 0 aromatic heterocycles. The first-order valence-electron chi connectivity index (χ1n) is 4.28. The van der Waals surface area contributed by atoms with Crippen LogP contribution in [-0.4, -0.2) is 18.6 Å². The summed E-state index contributed by atoms with van der Waals surface area (Å²) in [4.78, 5) is 0. The average Bonchev–Trinajstić information content (AvgIpc) is 2.67. The van der Waals surface area contributed by atoms with Gasteiger partial charge >= 0.3 is 0 Å². The Morgan fingerprint density at radius 3 is 2.29 bits per heavy atom. The van der Waals surface area contributed by atoms with Gasteiger partial charge in [-0.05, 0) is 24.3 Å². The third kappa shape index (κ3) is 2.13. The summed E-state index contributed by atoms with van der Waals surface area (Å²) in [6.07, 6.45) is 0. The lowest BCUT2D eigenvalue weighted by molar-refractivity contribution is 0.415. The van der Waals surface area contributed by atoms with Crippen LogP contribution >= 0.6 is 27.2 Å². The lowest BCUT2D eigenvalue weighted by Crippen LogP contribution is -1.97. The van der Waals surface area contributed by atoms with Crippen LogP contribution in [0.3, 0.4) is 0 Å². The second-order valence-corrected chi connectivity index (χ2v) is 14.3. The molecule has 1 saturated heterocycles. The normalized spacial score (nSPS) is 19.5. The molecule has 5 heteroatoms. The van der Waals surface area contributed by atoms with Crippen LogP contribution in [-0.2, 0) is 11.8 Å². The number of methoxy groups -OCH3 is 1. The molecule has 0 amide bonds. The molecular formula is C9H11OPS3. The maximum atomic E-state index is 5.71. The fraction of sp³-hybridized carbons (Fsp3) is 0.333. The Balaban J connectivity index is 2.28. The Morgan fingerprint density at radius 2 is 1.79 bits per heavy atom. The van der Waals surface area contributed by atoms with Crippen LogP contribution in [0.1, 0.15) is 0 Å². The van der Waals surface area contributed by atoms with Crippen molar-refractivity contribution in [3.05, 3.63) is 24.3 Å². The van der Waals surface area contributed by atoms with Crippen LogP contribution in [0.5, 0.6) is 5.75 Å². The van der Waals surface area contributed by atoms with Gasteiger partial charge in [-0.25, -0.2) is 0 Å². The van der Waals surface area contributed by atoms with Crippen LogP contribution < -0.4 is 10.0 Å². The van der Waals surface area contributed by atoms with Gasteiger partial charge in [0.25, 0.3) is 0 Å². The molecular weight excluding hydrogens is 251 g/mol. The molecule has 0 bridgehead atoms. The van der Waals surface area contributed by atoms with Gasteiger partial charge in [-0.2, -0.15) is 0 Å². The molecule has 1 heterocycles. The first-order chi connectivity index (χ1) is 6.74. The van der Waals surface area contributed by atoms with E-state index in [2.05, 4.69) is 12.1 Å². The van der Waals surface area contributed by atoms with E-state index in [-0.39, 0.29) is 0 Å². The van der Waals surface area contributed by atoms with Crippen molar-refractivity contribution in [2.75, 3.05) is 18.6 Å². The smallest absolute Gasteiger partial charge is 0.118 e. The van der Waals surface area contributed by atoms with E-state index in [1.54, 1.807) is 7.11 Å². The van der Waals surface area contributed by atoms with Crippen molar-refractivity contribution in [3.8, 4) is 5.75 Å². The van der Waals surface area contributed by atoms with E-state index in [1.807, 2.05) is 34.9 Å². The second kappa shape index (κ2) is 4.48. The molecule has 0 spiro atoms. The Labute approximate surface area is 97.5 Å². The van der Waals surface area contributed by atoms with E-state index in [4.69, 9.17) is 16.5 Å². The molecule has 14 heavy (non-hydrogen) atoms. The summed E-state index contributed by atoms with van der Waals surface area (Å²) in [5, 5.41) is 1.32. The summed E-state index contributed by atoms with van der Waals surface area (Å²) >= 11 is 9.63. The monoisotopic (exact) mass is 262 g/mol. The largest absolute Gasteiger partial charge is 0.497 e. The van der Waals surface area contributed by atoms with Crippen molar-refractivity contribution in [1.82, 2.24) is 0 Å². The third-order valence-corrected chi connectivity index (χ3v) is 13.5. The van der Waals surface area contributed by atoms with Gasteiger partial charge in [0.15, 0.2) is 0 Å². The Morgan fingerprint density at radius 1 is 1.21 bits per heavy atom. The highest BCUT2D eigenvalue weighted by Gasteiger charge is 2.25. The summed E-state index contributed by atoms with van der Waals surface area (Å²) < 4.78 is 3.79. The highest BCUT2D eigenvalue weighted by atomic mass is 33.2. The molecule has 0 unspecified atom stereocenters. The molecule has 1 aliphatic rings. The van der Waals surface area contributed by atoms with E-state index in [9.17, 15) is 0 Å². The van der Waals surface area contributed by atoms with Gasteiger partial charge in [0.2, 0.25) is 0 Å². The highest BCUT2D eigenvalue weighted by Crippen LogP contribution is 2.72. The fourth-order valence-electron chi connectivity index (χ4n) is 1.27. The molecule has 0 saturated carbocycles. The van der Waals surface area contributed by atoms with Gasteiger partial charge in [-0.1, -0.05) is 11.8 Å². The highest BCUT2D eigenvalue weighted by molar-refractivity contribution is 9.03. The number of hydrogen-bond donors (Lipinski definition) is 0. The summed E-state index contributed by atoms with van der Waals surface area (Å²) in [6, 6.07) is 8.24. The van der Waals surface area contributed by atoms with Crippen molar-refractivity contribution in [2.45, 2.75) is 0 Å². The topological polar surface area (TPSA) is 9.23 Å². The van der Waals surface area contributed by atoms with Gasteiger partial charge in [-0.3, -0.25) is 0 Å². The molecule has 1 aromatic carbocycles. The van der Waals surface area contributed by atoms with Crippen molar-refractivity contribution in [3.63, 3.8) is 0 Å². The van der Waals surface area contributed by atoms with Gasteiger partial charge < -0.3 is 4.74 Å². The van der Waals surface area contributed by atoms with Gasteiger partial charge in [0.1, 0.15) is 5.75 Å². The Hall–Kier alpha value is 0.370. The minimum Gasteiger partial charge on any atom is -0.497 e. The van der Waals surface area contributed by atoms with Crippen molar-refractivity contribution in [1.29, 1.82) is 0 Å². The first-order valence-corrected chi connectivity index (χ1v) is 10.3. The predicted molar refractivity (Wildman–Crippen MR) is 71.8 cm³/mol. The summed E-state index contributed by atoms with van der Waals surface area (Å²) in [7, 11) is 1.69. The molecule has 0 N–H and O–H groups in total. The molecule has 0 radical (unpaired) electrons. The SMILES string of the molecule is COc1ccc(P2(=S)SCCS2)cc1. The number of benzene rings is 1. The van der Waals surface area contributed by atoms with Crippen molar-refractivity contribution >= 4 is 44.3 Å². The molecule has 1 aromatic rings. The number of rotatable bonds is 2. The summed E-state index contributed by atoms with van der Waals surface area (Å²) in [5.74, 6) is 3.31. The van der Waals surface area contributed by atoms with E-state index < -0.39 is 4.44 Å². The maximum Gasteiger partial charge on any atom is 0.118 e. The van der Waals surface area contributed by atoms with Gasteiger partial charge in [0.05, 0.1) is 11.6 Å². The molecule has 1 fully saturated rings. The lowest BCUT2D eigenvalue weighted by Gasteiger charge is -2.13. The molecule has 1 aliphatic heterocycles. The quantitative estimate of drug-likeness (QED) is 0.757. The molecule has 1 nitrogen and oxygen atoms in total. The predicted octanol–water partition coefficient (Wildman–Crippen LogP) is 3.11.